The lowest BCUT2D eigenvalue weighted by atomic mass is 10.2. The molecule has 2 heterocycles. The van der Waals surface area contributed by atoms with Crippen molar-refractivity contribution in [3.63, 3.8) is 0 Å². The van der Waals surface area contributed by atoms with Crippen molar-refractivity contribution in [2.75, 3.05) is 11.9 Å². The Labute approximate surface area is 144 Å². The number of anilines is 1. The normalized spacial score (nSPS) is 12.2. The van der Waals surface area contributed by atoms with Crippen LogP contribution in [-0.2, 0) is 6.54 Å². The maximum Gasteiger partial charge on any atom is 0.319 e. The summed E-state index contributed by atoms with van der Waals surface area (Å²) in [6.45, 7) is 3.31. The monoisotopic (exact) mass is 343 g/mol. The van der Waals surface area contributed by atoms with E-state index in [0.29, 0.717) is 0 Å². The van der Waals surface area contributed by atoms with Crippen molar-refractivity contribution in [3.05, 3.63) is 52.9 Å². The second-order valence-corrected chi connectivity index (χ2v) is 6.47. The SMILES string of the molecule is CCCn1ccc2cc(NC(=O)NCC(O)c3ccsc3)ccc21. The minimum Gasteiger partial charge on any atom is -0.387 e. The molecule has 0 saturated carbocycles. The molecule has 0 radical (unpaired) electrons. The highest BCUT2D eigenvalue weighted by Gasteiger charge is 2.10. The first kappa shape index (κ1) is 16.5. The molecule has 3 aromatic rings. The summed E-state index contributed by atoms with van der Waals surface area (Å²) in [7, 11) is 0. The first-order valence-corrected chi connectivity index (χ1v) is 8.95. The third-order valence-electron chi connectivity index (χ3n) is 3.88. The van der Waals surface area contributed by atoms with Gasteiger partial charge in [0.15, 0.2) is 0 Å². The highest BCUT2D eigenvalue weighted by molar-refractivity contribution is 7.07. The number of nitrogens with one attached hydrogen (secondary N) is 2. The number of nitrogens with zero attached hydrogens (tertiary/aromatic N) is 1. The summed E-state index contributed by atoms with van der Waals surface area (Å²) >= 11 is 1.52. The van der Waals surface area contributed by atoms with Gasteiger partial charge >= 0.3 is 6.03 Å². The molecule has 24 heavy (non-hydrogen) atoms. The van der Waals surface area contributed by atoms with E-state index in [0.717, 1.165) is 35.1 Å². The van der Waals surface area contributed by atoms with Crippen molar-refractivity contribution in [2.45, 2.75) is 26.0 Å². The van der Waals surface area contributed by atoms with Crippen LogP contribution >= 0.6 is 11.3 Å². The molecule has 1 unspecified atom stereocenters. The van der Waals surface area contributed by atoms with Crippen molar-refractivity contribution in [1.82, 2.24) is 9.88 Å². The number of hydrogen-bond acceptors (Lipinski definition) is 3. The van der Waals surface area contributed by atoms with Gasteiger partial charge in [0, 0.05) is 35.9 Å². The largest absolute Gasteiger partial charge is 0.387 e. The number of aliphatic hydroxyl groups is 1. The van der Waals surface area contributed by atoms with E-state index in [9.17, 15) is 9.90 Å². The molecule has 1 aromatic carbocycles. The maximum absolute atomic E-state index is 12.0. The number of aliphatic hydroxyl groups excluding tert-OH is 1. The van der Waals surface area contributed by atoms with Gasteiger partial charge in [0.25, 0.3) is 0 Å². The summed E-state index contributed by atoms with van der Waals surface area (Å²) in [4.78, 5) is 12.0. The molecule has 0 saturated heterocycles. The van der Waals surface area contributed by atoms with E-state index in [4.69, 9.17) is 0 Å². The average Bonchev–Trinajstić information content (AvgIpc) is 3.23. The molecule has 0 aliphatic heterocycles. The molecular weight excluding hydrogens is 322 g/mol. The average molecular weight is 343 g/mol. The van der Waals surface area contributed by atoms with Crippen molar-refractivity contribution in [2.24, 2.45) is 0 Å². The fourth-order valence-corrected chi connectivity index (χ4v) is 3.37. The van der Waals surface area contributed by atoms with Crippen molar-refractivity contribution in [3.8, 4) is 0 Å². The summed E-state index contributed by atoms with van der Waals surface area (Å²) in [6.07, 6.45) is 2.46. The first-order valence-electron chi connectivity index (χ1n) is 8.01. The molecule has 6 heteroatoms. The molecule has 0 fully saturated rings. The summed E-state index contributed by atoms with van der Waals surface area (Å²) < 4.78 is 2.20. The van der Waals surface area contributed by atoms with Crippen LogP contribution < -0.4 is 10.6 Å². The Balaban J connectivity index is 1.59. The van der Waals surface area contributed by atoms with Gasteiger partial charge < -0.3 is 20.3 Å². The van der Waals surface area contributed by atoms with E-state index in [-0.39, 0.29) is 12.6 Å². The highest BCUT2D eigenvalue weighted by atomic mass is 32.1. The number of fused-ring (bicyclic) bond motifs is 1. The van der Waals surface area contributed by atoms with Crippen LogP contribution in [-0.4, -0.2) is 22.2 Å². The van der Waals surface area contributed by atoms with Gasteiger partial charge in [0.2, 0.25) is 0 Å². The van der Waals surface area contributed by atoms with Gasteiger partial charge in [-0.1, -0.05) is 6.92 Å². The third kappa shape index (κ3) is 3.77. The van der Waals surface area contributed by atoms with Crippen molar-refractivity contribution in [1.29, 1.82) is 0 Å². The molecule has 2 aromatic heterocycles. The number of hydrogen-bond donors (Lipinski definition) is 3. The number of aromatic nitrogens is 1. The van der Waals surface area contributed by atoms with E-state index < -0.39 is 6.10 Å². The number of amides is 2. The molecule has 1 atom stereocenters. The number of aryl methyl sites for hydroxylation is 1. The number of benzene rings is 1. The molecular formula is C18H21N3O2S. The second kappa shape index (κ2) is 7.51. The zero-order valence-electron chi connectivity index (χ0n) is 13.5. The van der Waals surface area contributed by atoms with Crippen LogP contribution in [0.3, 0.4) is 0 Å². The van der Waals surface area contributed by atoms with Crippen LogP contribution in [0.2, 0.25) is 0 Å². The Morgan fingerprint density at radius 2 is 2.21 bits per heavy atom. The number of rotatable bonds is 6. The van der Waals surface area contributed by atoms with Crippen LogP contribution in [0.1, 0.15) is 25.0 Å². The molecule has 0 bridgehead atoms. The smallest absolute Gasteiger partial charge is 0.319 e. The zero-order chi connectivity index (χ0) is 16.9. The lowest BCUT2D eigenvalue weighted by molar-refractivity contribution is 0.175. The number of urea groups is 1. The Morgan fingerprint density at radius 3 is 2.96 bits per heavy atom. The maximum atomic E-state index is 12.0. The number of carbonyl (C=O) groups excluding carboxylic acids is 1. The standard InChI is InChI=1S/C18H21N3O2S/c1-2-7-21-8-5-13-10-15(3-4-16(13)21)20-18(23)19-11-17(22)14-6-9-24-12-14/h3-6,8-10,12,17,22H,2,7,11H2,1H3,(H2,19,20,23). The topological polar surface area (TPSA) is 66.3 Å². The van der Waals surface area contributed by atoms with E-state index in [1.165, 1.54) is 11.3 Å². The van der Waals surface area contributed by atoms with Crippen LogP contribution in [0, 0.1) is 0 Å². The first-order chi connectivity index (χ1) is 11.7. The molecule has 0 spiro atoms. The lowest BCUT2D eigenvalue weighted by Gasteiger charge is -2.12. The van der Waals surface area contributed by atoms with Gasteiger partial charge in [-0.15, -0.1) is 0 Å². The molecule has 0 aliphatic rings. The predicted octanol–water partition coefficient (Wildman–Crippen LogP) is 3.97. The van der Waals surface area contributed by atoms with Crippen molar-refractivity contribution >= 4 is 34.0 Å². The summed E-state index contributed by atoms with van der Waals surface area (Å²) in [5.41, 5.74) is 2.72. The van der Waals surface area contributed by atoms with Gasteiger partial charge in [-0.3, -0.25) is 0 Å². The van der Waals surface area contributed by atoms with Crippen LogP contribution in [0.25, 0.3) is 10.9 Å². The predicted molar refractivity (Wildman–Crippen MR) is 98.5 cm³/mol. The summed E-state index contributed by atoms with van der Waals surface area (Å²) in [5.74, 6) is 0. The molecule has 2 amide bonds. The Bertz CT molecular complexity index is 811. The van der Waals surface area contributed by atoms with Crippen LogP contribution in [0.15, 0.2) is 47.3 Å². The Morgan fingerprint density at radius 1 is 1.33 bits per heavy atom. The minimum atomic E-state index is -0.687. The van der Waals surface area contributed by atoms with E-state index in [1.54, 1.807) is 0 Å². The second-order valence-electron chi connectivity index (χ2n) is 5.69. The Hall–Kier alpha value is -2.31. The van der Waals surface area contributed by atoms with E-state index in [2.05, 4.69) is 34.4 Å². The fraction of sp³-hybridized carbons (Fsp3) is 0.278. The molecule has 3 N–H and O–H groups in total. The molecule has 3 rings (SSSR count). The third-order valence-corrected chi connectivity index (χ3v) is 4.58. The summed E-state index contributed by atoms with van der Waals surface area (Å²) in [6, 6.07) is 9.44. The number of carbonyl (C=O) groups is 1. The quantitative estimate of drug-likeness (QED) is 0.634. The van der Waals surface area contributed by atoms with Crippen LogP contribution in [0.4, 0.5) is 10.5 Å². The molecule has 5 nitrogen and oxygen atoms in total. The van der Waals surface area contributed by atoms with Gasteiger partial charge in [-0.2, -0.15) is 11.3 Å². The molecule has 0 aliphatic carbocycles. The zero-order valence-corrected chi connectivity index (χ0v) is 14.3. The minimum absolute atomic E-state index is 0.178. The highest BCUT2D eigenvalue weighted by Crippen LogP contribution is 2.21. The summed E-state index contributed by atoms with van der Waals surface area (Å²) in [5, 5.41) is 20.4. The molecule has 126 valence electrons. The van der Waals surface area contributed by atoms with Gasteiger partial charge in [-0.05, 0) is 53.1 Å². The van der Waals surface area contributed by atoms with E-state index >= 15 is 0 Å². The fourth-order valence-electron chi connectivity index (χ4n) is 2.66. The number of thiophene rings is 1. The Kier molecular flexibility index (Phi) is 5.17. The lowest BCUT2D eigenvalue weighted by Crippen LogP contribution is -2.32. The van der Waals surface area contributed by atoms with E-state index in [1.807, 2.05) is 35.0 Å². The van der Waals surface area contributed by atoms with Crippen LogP contribution in [0.5, 0.6) is 0 Å². The van der Waals surface area contributed by atoms with Gasteiger partial charge in [-0.25, -0.2) is 4.79 Å². The van der Waals surface area contributed by atoms with Gasteiger partial charge in [0.05, 0.1) is 6.10 Å². The van der Waals surface area contributed by atoms with Crippen molar-refractivity contribution < 1.29 is 9.90 Å². The van der Waals surface area contributed by atoms with Gasteiger partial charge in [0.1, 0.15) is 0 Å².